The first kappa shape index (κ1) is 18.4. The number of methoxy groups -OCH3 is 1. The van der Waals surface area contributed by atoms with E-state index in [1.54, 1.807) is 7.11 Å². The van der Waals surface area contributed by atoms with Crippen molar-refractivity contribution in [1.29, 1.82) is 0 Å². The number of thioether (sulfide) groups is 1. The fourth-order valence-electron chi connectivity index (χ4n) is 2.86. The lowest BCUT2D eigenvalue weighted by molar-refractivity contribution is 0.138. The zero-order chi connectivity index (χ0) is 15.4. The SMILES string of the molecule is C=CCSCCNC(=NC)NCC1(CCOC)CCCC1. The Kier molecular flexibility index (Phi) is 9.59. The minimum absolute atomic E-state index is 0.394. The summed E-state index contributed by atoms with van der Waals surface area (Å²) in [6, 6.07) is 0. The number of nitrogens with zero attached hydrogens (tertiary/aromatic N) is 1. The maximum absolute atomic E-state index is 5.28. The van der Waals surface area contributed by atoms with Crippen LogP contribution in [-0.2, 0) is 4.74 Å². The quantitative estimate of drug-likeness (QED) is 0.282. The molecule has 0 bridgehead atoms. The van der Waals surface area contributed by atoms with Gasteiger partial charge in [-0.2, -0.15) is 11.8 Å². The zero-order valence-electron chi connectivity index (χ0n) is 13.6. The zero-order valence-corrected chi connectivity index (χ0v) is 14.4. The summed E-state index contributed by atoms with van der Waals surface area (Å²) in [5.41, 5.74) is 0.394. The third kappa shape index (κ3) is 7.23. The lowest BCUT2D eigenvalue weighted by Gasteiger charge is -2.29. The van der Waals surface area contributed by atoms with Gasteiger partial charge in [-0.1, -0.05) is 18.9 Å². The first-order valence-corrected chi connectivity index (χ1v) is 9.04. The molecule has 0 radical (unpaired) electrons. The average Bonchev–Trinajstić information content (AvgIpc) is 2.97. The van der Waals surface area contributed by atoms with E-state index in [1.165, 1.54) is 25.7 Å². The van der Waals surface area contributed by atoms with E-state index in [1.807, 2.05) is 24.9 Å². The predicted octanol–water partition coefficient (Wildman–Crippen LogP) is 2.67. The van der Waals surface area contributed by atoms with E-state index in [2.05, 4.69) is 22.2 Å². The molecule has 0 aromatic rings. The highest BCUT2D eigenvalue weighted by Crippen LogP contribution is 2.40. The summed E-state index contributed by atoms with van der Waals surface area (Å²) < 4.78 is 5.28. The second kappa shape index (κ2) is 11.0. The van der Waals surface area contributed by atoms with Gasteiger partial charge in [0, 0.05) is 45.4 Å². The fraction of sp³-hybridized carbons (Fsp3) is 0.812. The van der Waals surface area contributed by atoms with Gasteiger partial charge in [0.1, 0.15) is 0 Å². The summed E-state index contributed by atoms with van der Waals surface area (Å²) in [5.74, 6) is 2.99. The molecule has 0 atom stereocenters. The van der Waals surface area contributed by atoms with Crippen molar-refractivity contribution in [3.05, 3.63) is 12.7 Å². The standard InChI is InChI=1S/C16H31N3OS/c1-4-12-21-13-10-18-15(17-2)19-14-16(9-11-20-3)7-5-6-8-16/h4H,1,5-14H2,2-3H3,(H2,17,18,19). The molecule has 2 N–H and O–H groups in total. The Balaban J connectivity index is 2.30. The second-order valence-corrected chi connectivity index (χ2v) is 6.82. The molecule has 0 aromatic carbocycles. The number of ether oxygens (including phenoxy) is 1. The molecule has 122 valence electrons. The van der Waals surface area contributed by atoms with E-state index in [0.29, 0.717) is 5.41 Å². The number of aliphatic imine (C=N–C) groups is 1. The van der Waals surface area contributed by atoms with Crippen LogP contribution in [0.25, 0.3) is 0 Å². The summed E-state index contributed by atoms with van der Waals surface area (Å²) in [7, 11) is 3.63. The Morgan fingerprint density at radius 3 is 2.76 bits per heavy atom. The highest BCUT2D eigenvalue weighted by Gasteiger charge is 2.33. The van der Waals surface area contributed by atoms with Gasteiger partial charge >= 0.3 is 0 Å². The van der Waals surface area contributed by atoms with E-state index in [9.17, 15) is 0 Å². The van der Waals surface area contributed by atoms with Crippen LogP contribution in [0.4, 0.5) is 0 Å². The van der Waals surface area contributed by atoms with Crippen LogP contribution in [-0.4, -0.2) is 51.3 Å². The van der Waals surface area contributed by atoms with Crippen LogP contribution in [0.2, 0.25) is 0 Å². The molecule has 1 saturated carbocycles. The number of guanidine groups is 1. The Morgan fingerprint density at radius 2 is 2.14 bits per heavy atom. The van der Waals surface area contributed by atoms with Crippen LogP contribution < -0.4 is 10.6 Å². The third-order valence-corrected chi connectivity index (χ3v) is 5.09. The molecule has 1 fully saturated rings. The molecule has 1 aliphatic rings. The van der Waals surface area contributed by atoms with E-state index in [4.69, 9.17) is 4.74 Å². The van der Waals surface area contributed by atoms with Crippen LogP contribution >= 0.6 is 11.8 Å². The molecule has 5 heteroatoms. The molecule has 0 aliphatic heterocycles. The Hall–Kier alpha value is -0.680. The molecule has 1 aliphatic carbocycles. The van der Waals surface area contributed by atoms with E-state index in [-0.39, 0.29) is 0 Å². The first-order chi connectivity index (χ1) is 10.3. The van der Waals surface area contributed by atoms with Gasteiger partial charge in [0.25, 0.3) is 0 Å². The molecule has 4 nitrogen and oxygen atoms in total. The molecule has 21 heavy (non-hydrogen) atoms. The smallest absolute Gasteiger partial charge is 0.191 e. The molecule has 0 amide bonds. The molecule has 0 unspecified atom stereocenters. The molecule has 0 saturated heterocycles. The second-order valence-electron chi connectivity index (χ2n) is 5.67. The molecular weight excluding hydrogens is 282 g/mol. The highest BCUT2D eigenvalue weighted by atomic mass is 32.2. The van der Waals surface area contributed by atoms with Crippen molar-refractivity contribution in [2.75, 3.05) is 45.4 Å². The van der Waals surface area contributed by atoms with Crippen LogP contribution in [0.15, 0.2) is 17.6 Å². The van der Waals surface area contributed by atoms with Gasteiger partial charge in [0.15, 0.2) is 5.96 Å². The topological polar surface area (TPSA) is 45.7 Å². The van der Waals surface area contributed by atoms with Gasteiger partial charge in [-0.05, 0) is 24.7 Å². The molecular formula is C16H31N3OS. The summed E-state index contributed by atoms with van der Waals surface area (Å²) >= 11 is 1.88. The monoisotopic (exact) mass is 313 g/mol. The van der Waals surface area contributed by atoms with Gasteiger partial charge in [-0.15, -0.1) is 6.58 Å². The fourth-order valence-corrected chi connectivity index (χ4v) is 3.44. The lowest BCUT2D eigenvalue weighted by atomic mass is 9.83. The first-order valence-electron chi connectivity index (χ1n) is 7.88. The number of nitrogens with one attached hydrogen (secondary N) is 2. The van der Waals surface area contributed by atoms with Crippen molar-refractivity contribution >= 4 is 17.7 Å². The number of hydrogen-bond acceptors (Lipinski definition) is 3. The van der Waals surface area contributed by atoms with E-state index < -0.39 is 0 Å². The van der Waals surface area contributed by atoms with E-state index >= 15 is 0 Å². The van der Waals surface area contributed by atoms with Crippen molar-refractivity contribution < 1.29 is 4.74 Å². The van der Waals surface area contributed by atoms with Gasteiger partial charge in [0.05, 0.1) is 0 Å². The van der Waals surface area contributed by atoms with Gasteiger partial charge in [-0.25, -0.2) is 0 Å². The van der Waals surface area contributed by atoms with Crippen LogP contribution in [0.3, 0.4) is 0 Å². The summed E-state index contributed by atoms with van der Waals surface area (Å²) in [5, 5.41) is 6.88. The molecule has 0 heterocycles. The minimum Gasteiger partial charge on any atom is -0.385 e. The molecule has 0 spiro atoms. The maximum atomic E-state index is 5.28. The van der Waals surface area contributed by atoms with Crippen molar-refractivity contribution in [2.45, 2.75) is 32.1 Å². The van der Waals surface area contributed by atoms with Crippen molar-refractivity contribution in [2.24, 2.45) is 10.4 Å². The largest absolute Gasteiger partial charge is 0.385 e. The maximum Gasteiger partial charge on any atom is 0.191 e. The van der Waals surface area contributed by atoms with Crippen molar-refractivity contribution in [1.82, 2.24) is 10.6 Å². The Morgan fingerprint density at radius 1 is 1.38 bits per heavy atom. The van der Waals surface area contributed by atoms with Crippen molar-refractivity contribution in [3.63, 3.8) is 0 Å². The lowest BCUT2D eigenvalue weighted by Crippen LogP contribution is -2.44. The van der Waals surface area contributed by atoms with Gasteiger partial charge < -0.3 is 15.4 Å². The van der Waals surface area contributed by atoms with Gasteiger partial charge in [0.2, 0.25) is 0 Å². The summed E-state index contributed by atoms with van der Waals surface area (Å²) in [6.07, 6.45) is 8.37. The normalized spacial score (nSPS) is 17.7. The Bertz CT molecular complexity index is 315. The average molecular weight is 314 g/mol. The van der Waals surface area contributed by atoms with Crippen LogP contribution in [0, 0.1) is 5.41 Å². The highest BCUT2D eigenvalue weighted by molar-refractivity contribution is 7.99. The number of hydrogen-bond donors (Lipinski definition) is 2. The predicted molar refractivity (Wildman–Crippen MR) is 94.3 cm³/mol. The molecule has 0 aromatic heterocycles. The van der Waals surface area contributed by atoms with E-state index in [0.717, 1.165) is 43.6 Å². The van der Waals surface area contributed by atoms with Gasteiger partial charge in [-0.3, -0.25) is 4.99 Å². The van der Waals surface area contributed by atoms with Crippen molar-refractivity contribution in [3.8, 4) is 0 Å². The Labute approximate surface area is 134 Å². The number of rotatable bonds is 10. The van der Waals surface area contributed by atoms with Crippen LogP contribution in [0.1, 0.15) is 32.1 Å². The third-order valence-electron chi connectivity index (χ3n) is 4.13. The summed E-state index contributed by atoms with van der Waals surface area (Å²) in [4.78, 5) is 4.31. The van der Waals surface area contributed by atoms with Crippen LogP contribution in [0.5, 0.6) is 0 Å². The summed E-state index contributed by atoms with van der Waals surface area (Å²) in [6.45, 7) is 6.51. The molecule has 1 rings (SSSR count). The minimum atomic E-state index is 0.394.